The number of carbonyl (C=O) groups excluding carboxylic acids is 4. The van der Waals surface area contributed by atoms with Gasteiger partial charge in [0, 0.05) is 55.9 Å². The number of ketones is 1. The summed E-state index contributed by atoms with van der Waals surface area (Å²) in [5, 5.41) is 14.3. The van der Waals surface area contributed by atoms with E-state index in [-0.39, 0.29) is 47.4 Å². The van der Waals surface area contributed by atoms with Crippen LogP contribution in [0.1, 0.15) is 92.4 Å². The largest absolute Gasteiger partial charge is 0.445 e. The van der Waals surface area contributed by atoms with Crippen LogP contribution >= 0.6 is 0 Å². The normalized spacial score (nSPS) is 36.7. The maximum Gasteiger partial charge on any atom is 0.414 e. The summed E-state index contributed by atoms with van der Waals surface area (Å²) < 4.78 is 7.98. The summed E-state index contributed by atoms with van der Waals surface area (Å²) in [7, 11) is 0. The molecule has 5 aliphatic rings. The van der Waals surface area contributed by atoms with E-state index in [4.69, 9.17) is 10.5 Å². The highest BCUT2D eigenvalue weighted by atomic mass is 16.6. The molecule has 284 valence electrons. The van der Waals surface area contributed by atoms with Crippen LogP contribution in [0, 0.1) is 39.9 Å². The third-order valence-electron chi connectivity index (χ3n) is 14.6. The predicted octanol–water partition coefficient (Wildman–Crippen LogP) is 3.44. The number of alkyl carbamates (subject to hydrolysis) is 1. The van der Waals surface area contributed by atoms with E-state index in [1.54, 1.807) is 15.8 Å². The number of fused-ring (bicyclic) bond motifs is 1. The van der Waals surface area contributed by atoms with Crippen LogP contribution in [-0.4, -0.2) is 97.6 Å². The minimum absolute atomic E-state index is 0.0587. The number of imide groups is 1. The molecule has 0 radical (unpaired) electrons. The number of anilines is 1. The van der Waals surface area contributed by atoms with E-state index in [9.17, 15) is 24.3 Å². The first-order valence-electron chi connectivity index (χ1n) is 19.4. The molecule has 4 heterocycles. The summed E-state index contributed by atoms with van der Waals surface area (Å²) in [6, 6.07) is 0.0880. The van der Waals surface area contributed by atoms with Gasteiger partial charge in [-0.25, -0.2) is 19.7 Å². The van der Waals surface area contributed by atoms with E-state index in [0.717, 1.165) is 38.0 Å². The quantitative estimate of drug-likeness (QED) is 0.397. The smallest absolute Gasteiger partial charge is 0.414 e. The highest BCUT2D eigenvalue weighted by molar-refractivity contribution is 5.93. The molecule has 2 aromatic heterocycles. The number of amides is 3. The number of nitrogens with two attached hydrogens (primary N) is 1. The zero-order chi connectivity index (χ0) is 37.2. The molecule has 0 spiro atoms. The van der Waals surface area contributed by atoms with Gasteiger partial charge in [0.2, 0.25) is 11.8 Å². The molecule has 52 heavy (non-hydrogen) atoms. The Morgan fingerprint density at radius 3 is 2.50 bits per heavy atom. The molecule has 14 heteroatoms. The van der Waals surface area contributed by atoms with Crippen molar-refractivity contribution in [3.63, 3.8) is 0 Å². The Kier molecular flexibility index (Phi) is 9.63. The Labute approximate surface area is 305 Å². The van der Waals surface area contributed by atoms with Crippen molar-refractivity contribution >= 4 is 40.7 Å². The van der Waals surface area contributed by atoms with Crippen LogP contribution < -0.4 is 16.0 Å². The number of Topliss-reactive ketones (excluding diaryl/α,β-unsaturated/α-hetero) is 1. The summed E-state index contributed by atoms with van der Waals surface area (Å²) in [6.07, 6.45) is 6.77. The second-order valence-electron chi connectivity index (χ2n) is 17.2. The number of likely N-dealkylation sites (tertiary alicyclic amines) is 1. The van der Waals surface area contributed by atoms with Crippen molar-refractivity contribution in [1.29, 1.82) is 0 Å². The number of nitrogens with one attached hydrogen (secondary N) is 1. The third kappa shape index (κ3) is 5.97. The molecule has 3 saturated carbocycles. The predicted molar refractivity (Wildman–Crippen MR) is 193 cm³/mol. The van der Waals surface area contributed by atoms with Crippen LogP contribution in [0.15, 0.2) is 12.7 Å². The Morgan fingerprint density at radius 2 is 1.81 bits per heavy atom. The van der Waals surface area contributed by atoms with Crippen LogP contribution in [0.25, 0.3) is 11.2 Å². The van der Waals surface area contributed by atoms with Crippen molar-refractivity contribution in [1.82, 2.24) is 29.7 Å². The lowest BCUT2D eigenvalue weighted by Crippen LogP contribution is -2.63. The molecule has 2 aliphatic heterocycles. The van der Waals surface area contributed by atoms with Crippen LogP contribution in [0.4, 0.5) is 10.6 Å². The first-order valence-corrected chi connectivity index (χ1v) is 19.4. The Hall–Kier alpha value is -3.65. The average molecular weight is 721 g/mol. The van der Waals surface area contributed by atoms with Crippen LogP contribution in [0.2, 0.25) is 0 Å². The summed E-state index contributed by atoms with van der Waals surface area (Å²) in [5.74, 6) is -0.321. The molecule has 5 fully saturated rings. The van der Waals surface area contributed by atoms with E-state index in [0.29, 0.717) is 62.9 Å². The zero-order valence-electron chi connectivity index (χ0n) is 31.3. The van der Waals surface area contributed by atoms with E-state index >= 15 is 0 Å². The topological polar surface area (TPSA) is 186 Å². The summed E-state index contributed by atoms with van der Waals surface area (Å²) >= 11 is 0. The van der Waals surface area contributed by atoms with Crippen molar-refractivity contribution in [2.45, 2.75) is 117 Å². The highest BCUT2D eigenvalue weighted by Gasteiger charge is 2.68. The highest BCUT2D eigenvalue weighted by Crippen LogP contribution is 2.68. The lowest BCUT2D eigenvalue weighted by molar-refractivity contribution is -0.198. The molecule has 3 aliphatic carbocycles. The molecule has 7 rings (SSSR count). The van der Waals surface area contributed by atoms with Crippen molar-refractivity contribution in [2.24, 2.45) is 45.7 Å². The van der Waals surface area contributed by atoms with Gasteiger partial charge in [0.05, 0.1) is 12.4 Å². The molecule has 14 nitrogen and oxygen atoms in total. The fourth-order valence-electron chi connectivity index (χ4n) is 10.9. The van der Waals surface area contributed by atoms with E-state index in [2.05, 4.69) is 59.8 Å². The molecule has 0 aromatic carbocycles. The lowest BCUT2D eigenvalue weighted by atomic mass is 9.43. The molecule has 4 N–H and O–H groups in total. The number of nitrogens with zero attached hydrogens (tertiary/aromatic N) is 6. The number of carbonyl (C=O) groups is 4. The molecule has 2 bridgehead atoms. The fourth-order valence-corrected chi connectivity index (χ4v) is 10.9. The number of imidazole rings is 1. The molecule has 9 atom stereocenters. The van der Waals surface area contributed by atoms with Gasteiger partial charge in [-0.05, 0) is 74.0 Å². The zero-order valence-corrected chi connectivity index (χ0v) is 31.3. The second-order valence-corrected chi connectivity index (χ2v) is 17.2. The van der Waals surface area contributed by atoms with Gasteiger partial charge < -0.3 is 29.9 Å². The van der Waals surface area contributed by atoms with Gasteiger partial charge in [0.25, 0.3) is 0 Å². The van der Waals surface area contributed by atoms with Crippen molar-refractivity contribution in [2.75, 3.05) is 31.1 Å². The number of hydrogen-bond donors (Lipinski definition) is 3. The number of rotatable bonds is 6. The molecular formula is C38H56N8O6. The van der Waals surface area contributed by atoms with E-state index < -0.39 is 41.0 Å². The number of ether oxygens (including phenoxy) is 1. The molecule has 2 aromatic rings. The number of aromatic nitrogens is 4. The summed E-state index contributed by atoms with van der Waals surface area (Å²) in [4.78, 5) is 71.3. The number of piperidine rings is 1. The molecular weight excluding hydrogens is 664 g/mol. The van der Waals surface area contributed by atoms with E-state index in [1.807, 2.05) is 0 Å². The maximum absolute atomic E-state index is 13.7. The Balaban J connectivity index is 0.986. The monoisotopic (exact) mass is 720 g/mol. The number of hydrogen-bond acceptors (Lipinski definition) is 11. The molecule has 3 amide bonds. The van der Waals surface area contributed by atoms with Crippen LogP contribution in [-0.2, 0) is 25.7 Å². The van der Waals surface area contributed by atoms with Crippen LogP contribution in [0.5, 0.6) is 0 Å². The van der Waals surface area contributed by atoms with Gasteiger partial charge in [-0.15, -0.1) is 0 Å². The molecule has 2 saturated heterocycles. The standard InChI is InChI=1S/C38H56N8O6/c1-6-36(4)17-27(37(5)22(2)7-12-38(23(3)31(36)49)13-8-26(47)30(37)38)52-35(51)43-34(50)24-9-14-44(15-10-24)28(48)19-46-21-42-29-32(40-20-41-33(29)46)45-16-11-25(39)18-45/h20-25,27,30-31,49H,6-19,39H2,1-5H3,(H,43,50,51)/t22?,23?,25-,27?,30?,31-,36+,37?,38?/m0/s1. The number of aliphatic hydroxyl groups is 1. The van der Waals surface area contributed by atoms with Gasteiger partial charge in [-0.2, -0.15) is 0 Å². The number of aliphatic hydroxyl groups excluding tert-OH is 1. The van der Waals surface area contributed by atoms with Gasteiger partial charge in [0.1, 0.15) is 24.8 Å². The SMILES string of the molecule is CC[C@]1(C)CC(OC(=O)NC(=O)C2CCN(C(=O)Cn3cnc4c(N5CC[C@H](N)C5)ncnc43)CC2)C2(C)C(C)CCC3(CCC(=O)C32)C(C)[C@@H]1O. The first-order chi connectivity index (χ1) is 24.7. The van der Waals surface area contributed by atoms with Crippen molar-refractivity contribution < 1.29 is 29.0 Å². The Bertz CT molecular complexity index is 1730. The summed E-state index contributed by atoms with van der Waals surface area (Å²) in [6.45, 7) is 12.8. The van der Waals surface area contributed by atoms with Gasteiger partial charge in [-0.1, -0.05) is 34.6 Å². The minimum atomic E-state index is -0.811. The van der Waals surface area contributed by atoms with Gasteiger partial charge in [0.15, 0.2) is 17.0 Å². The Morgan fingerprint density at radius 1 is 1.06 bits per heavy atom. The summed E-state index contributed by atoms with van der Waals surface area (Å²) in [5.41, 5.74) is 5.82. The first kappa shape index (κ1) is 36.7. The van der Waals surface area contributed by atoms with Crippen molar-refractivity contribution in [3.05, 3.63) is 12.7 Å². The van der Waals surface area contributed by atoms with Crippen molar-refractivity contribution in [3.8, 4) is 0 Å². The average Bonchev–Trinajstić information content (AvgIpc) is 3.85. The van der Waals surface area contributed by atoms with Gasteiger partial charge >= 0.3 is 6.09 Å². The van der Waals surface area contributed by atoms with Crippen LogP contribution in [0.3, 0.4) is 0 Å². The van der Waals surface area contributed by atoms with E-state index in [1.165, 1.54) is 6.33 Å². The second kappa shape index (κ2) is 13.6. The third-order valence-corrected chi connectivity index (χ3v) is 14.6. The van der Waals surface area contributed by atoms with Gasteiger partial charge in [-0.3, -0.25) is 19.7 Å². The lowest BCUT2D eigenvalue weighted by Gasteiger charge is -2.62. The maximum atomic E-state index is 13.7. The fraction of sp³-hybridized carbons (Fsp3) is 0.763. The minimum Gasteiger partial charge on any atom is -0.445 e. The molecule has 6 unspecified atom stereocenters.